The number of carbonyl (C=O) groups is 3. The molecule has 2 aromatic rings. The summed E-state index contributed by atoms with van der Waals surface area (Å²) in [5, 5.41) is 2.77. The Morgan fingerprint density at radius 3 is 2.00 bits per heavy atom. The van der Waals surface area contributed by atoms with Crippen molar-refractivity contribution < 1.29 is 23.9 Å². The Balaban J connectivity index is 1.83. The fourth-order valence-corrected chi connectivity index (χ4v) is 3.30. The molecular weight excluding hydrogens is 360 g/mol. The van der Waals surface area contributed by atoms with E-state index >= 15 is 0 Å². The van der Waals surface area contributed by atoms with Crippen LogP contribution in [0.2, 0.25) is 0 Å². The molecule has 1 aliphatic rings. The van der Waals surface area contributed by atoms with Crippen LogP contribution in [0.5, 0.6) is 11.5 Å². The highest BCUT2D eigenvalue weighted by atomic mass is 16.5. The molecule has 1 atom stereocenters. The van der Waals surface area contributed by atoms with Crippen molar-refractivity contribution in [2.75, 3.05) is 20.8 Å². The summed E-state index contributed by atoms with van der Waals surface area (Å²) in [6.45, 7) is 1.49. The van der Waals surface area contributed by atoms with Gasteiger partial charge in [0.1, 0.15) is 17.0 Å². The van der Waals surface area contributed by atoms with Crippen molar-refractivity contribution in [2.45, 2.75) is 18.9 Å². The number of amides is 3. The first-order valence-corrected chi connectivity index (χ1v) is 8.91. The summed E-state index contributed by atoms with van der Waals surface area (Å²) in [4.78, 5) is 39.2. The highest BCUT2D eigenvalue weighted by Gasteiger charge is 2.51. The number of benzene rings is 2. The van der Waals surface area contributed by atoms with Crippen molar-refractivity contribution in [1.82, 2.24) is 10.2 Å². The summed E-state index contributed by atoms with van der Waals surface area (Å²) in [5.74, 6) is 0.508. The normalized spacial score (nSPS) is 18.8. The van der Waals surface area contributed by atoms with Crippen molar-refractivity contribution in [3.05, 3.63) is 59.7 Å². The number of hydrogen-bond acceptors (Lipinski definition) is 5. The van der Waals surface area contributed by atoms with Crippen LogP contribution in [-0.2, 0) is 10.3 Å². The smallest absolute Gasteiger partial charge is 0.325 e. The van der Waals surface area contributed by atoms with Crippen LogP contribution >= 0.6 is 0 Å². The van der Waals surface area contributed by atoms with Crippen molar-refractivity contribution >= 4 is 17.7 Å². The average molecular weight is 382 g/mol. The van der Waals surface area contributed by atoms with Crippen LogP contribution in [0, 0.1) is 0 Å². The lowest BCUT2D eigenvalue weighted by Crippen LogP contribution is -2.43. The number of carbonyl (C=O) groups excluding carboxylic acids is 3. The van der Waals surface area contributed by atoms with Gasteiger partial charge in [-0.1, -0.05) is 19.1 Å². The van der Waals surface area contributed by atoms with Crippen molar-refractivity contribution in [3.63, 3.8) is 0 Å². The first kappa shape index (κ1) is 19.4. The fourth-order valence-electron chi connectivity index (χ4n) is 3.30. The number of imide groups is 1. The van der Waals surface area contributed by atoms with Crippen LogP contribution in [0.15, 0.2) is 48.5 Å². The van der Waals surface area contributed by atoms with E-state index in [2.05, 4.69) is 5.32 Å². The van der Waals surface area contributed by atoms with E-state index in [-0.39, 0.29) is 12.3 Å². The molecule has 3 rings (SSSR count). The third-order valence-electron chi connectivity index (χ3n) is 5.00. The van der Waals surface area contributed by atoms with E-state index in [1.54, 1.807) is 55.6 Å². The van der Waals surface area contributed by atoms with E-state index in [0.29, 0.717) is 29.0 Å². The molecule has 3 amide bonds. The fraction of sp³-hybridized carbons (Fsp3) is 0.286. The zero-order valence-electron chi connectivity index (χ0n) is 16.0. The standard InChI is InChI=1S/C21H22N2O5/c1-4-21(15-7-11-17(28-3)12-8-15)19(25)23(20(26)22-21)13-18(24)14-5-9-16(27-2)10-6-14/h5-12H,4,13H2,1-3H3,(H,22,26)/t21-/m1/s1. The third-order valence-corrected chi connectivity index (χ3v) is 5.00. The summed E-state index contributed by atoms with van der Waals surface area (Å²) >= 11 is 0. The minimum absolute atomic E-state index is 0.325. The molecule has 0 bridgehead atoms. The quantitative estimate of drug-likeness (QED) is 0.588. The van der Waals surface area contributed by atoms with Crippen LogP contribution < -0.4 is 14.8 Å². The monoisotopic (exact) mass is 382 g/mol. The van der Waals surface area contributed by atoms with Gasteiger partial charge in [-0.15, -0.1) is 0 Å². The highest BCUT2D eigenvalue weighted by Crippen LogP contribution is 2.33. The molecule has 1 fully saturated rings. The number of ether oxygens (including phenoxy) is 2. The average Bonchev–Trinajstić information content (AvgIpc) is 2.98. The second-order valence-electron chi connectivity index (χ2n) is 6.46. The van der Waals surface area contributed by atoms with Crippen molar-refractivity contribution in [1.29, 1.82) is 0 Å². The summed E-state index contributed by atoms with van der Waals surface area (Å²) in [7, 11) is 3.09. The largest absolute Gasteiger partial charge is 0.497 e. The Bertz CT molecular complexity index is 892. The van der Waals surface area contributed by atoms with E-state index in [4.69, 9.17) is 9.47 Å². The maximum atomic E-state index is 13.1. The number of rotatable bonds is 7. The van der Waals surface area contributed by atoms with Gasteiger partial charge in [-0.2, -0.15) is 0 Å². The van der Waals surface area contributed by atoms with E-state index in [1.165, 1.54) is 7.11 Å². The second-order valence-corrected chi connectivity index (χ2v) is 6.46. The number of nitrogens with one attached hydrogen (secondary N) is 1. The highest BCUT2D eigenvalue weighted by molar-refractivity contribution is 6.11. The third kappa shape index (κ3) is 3.31. The number of nitrogens with zero attached hydrogens (tertiary/aromatic N) is 1. The SMILES string of the molecule is CC[C@]1(c2ccc(OC)cc2)NC(=O)N(CC(=O)c2ccc(OC)cc2)C1=O. The van der Waals surface area contributed by atoms with Gasteiger partial charge in [0.25, 0.3) is 5.91 Å². The first-order valence-electron chi connectivity index (χ1n) is 8.91. The molecule has 0 saturated carbocycles. The van der Waals surface area contributed by atoms with Gasteiger partial charge in [-0.3, -0.25) is 14.5 Å². The molecule has 28 heavy (non-hydrogen) atoms. The molecule has 7 heteroatoms. The van der Waals surface area contributed by atoms with Crippen molar-refractivity contribution in [3.8, 4) is 11.5 Å². The van der Waals surface area contributed by atoms with Gasteiger partial charge in [-0.05, 0) is 48.4 Å². The summed E-state index contributed by atoms with van der Waals surface area (Å²) < 4.78 is 10.2. The topological polar surface area (TPSA) is 84.9 Å². The van der Waals surface area contributed by atoms with Crippen molar-refractivity contribution in [2.24, 2.45) is 0 Å². The molecule has 0 aliphatic carbocycles. The summed E-state index contributed by atoms with van der Waals surface area (Å²) in [5.41, 5.74) is -0.141. The van der Waals surface area contributed by atoms with E-state index in [0.717, 1.165) is 4.90 Å². The van der Waals surface area contributed by atoms with Gasteiger partial charge >= 0.3 is 6.03 Å². The maximum Gasteiger partial charge on any atom is 0.325 e. The van der Waals surface area contributed by atoms with E-state index in [1.807, 2.05) is 6.92 Å². The van der Waals surface area contributed by atoms with Crippen LogP contribution in [0.1, 0.15) is 29.3 Å². The zero-order valence-corrected chi connectivity index (χ0v) is 16.0. The molecule has 7 nitrogen and oxygen atoms in total. The summed E-state index contributed by atoms with van der Waals surface area (Å²) in [6, 6.07) is 12.9. The Morgan fingerprint density at radius 2 is 1.50 bits per heavy atom. The second kappa shape index (κ2) is 7.72. The predicted octanol–water partition coefficient (Wildman–Crippen LogP) is 2.74. The van der Waals surface area contributed by atoms with Crippen LogP contribution in [0.3, 0.4) is 0 Å². The molecule has 0 unspecified atom stereocenters. The van der Waals surface area contributed by atoms with E-state index in [9.17, 15) is 14.4 Å². The number of ketones is 1. The number of hydrogen-bond donors (Lipinski definition) is 1. The Morgan fingerprint density at radius 1 is 0.964 bits per heavy atom. The molecule has 2 aromatic carbocycles. The van der Waals surface area contributed by atoms with Crippen LogP contribution in [0.25, 0.3) is 0 Å². The number of methoxy groups -OCH3 is 2. The van der Waals surface area contributed by atoms with Gasteiger partial charge in [0.15, 0.2) is 5.78 Å². The lowest BCUT2D eigenvalue weighted by atomic mass is 9.87. The first-order chi connectivity index (χ1) is 13.4. The Labute approximate surface area is 163 Å². The predicted molar refractivity (Wildman–Crippen MR) is 103 cm³/mol. The summed E-state index contributed by atoms with van der Waals surface area (Å²) in [6.07, 6.45) is 0.358. The molecule has 0 radical (unpaired) electrons. The van der Waals surface area contributed by atoms with Gasteiger partial charge < -0.3 is 14.8 Å². The number of urea groups is 1. The van der Waals surface area contributed by atoms with Crippen LogP contribution in [0.4, 0.5) is 4.79 Å². The molecular formula is C21H22N2O5. The molecule has 0 aromatic heterocycles. The van der Waals surface area contributed by atoms with Gasteiger partial charge in [0.2, 0.25) is 0 Å². The Hall–Kier alpha value is -3.35. The molecule has 146 valence electrons. The maximum absolute atomic E-state index is 13.1. The molecule has 1 N–H and O–H groups in total. The molecule has 1 saturated heterocycles. The Kier molecular flexibility index (Phi) is 5.35. The van der Waals surface area contributed by atoms with Gasteiger partial charge in [-0.25, -0.2) is 4.79 Å². The molecule has 1 aliphatic heterocycles. The molecule has 1 heterocycles. The van der Waals surface area contributed by atoms with E-state index < -0.39 is 17.5 Å². The van der Waals surface area contributed by atoms with Gasteiger partial charge in [0, 0.05) is 5.56 Å². The zero-order chi connectivity index (χ0) is 20.3. The minimum Gasteiger partial charge on any atom is -0.497 e. The van der Waals surface area contributed by atoms with Gasteiger partial charge in [0.05, 0.1) is 20.8 Å². The number of Topliss-reactive ketones (excluding diaryl/α,β-unsaturated/α-hetero) is 1. The lowest BCUT2D eigenvalue weighted by Gasteiger charge is -2.26. The molecule has 0 spiro atoms. The lowest BCUT2D eigenvalue weighted by molar-refractivity contribution is -0.131. The van der Waals surface area contributed by atoms with Crippen LogP contribution in [-0.4, -0.2) is 43.4 Å². The minimum atomic E-state index is -1.19.